The minimum atomic E-state index is -1.06. The topological polar surface area (TPSA) is 156 Å². The Morgan fingerprint density at radius 3 is 2.74 bits per heavy atom. The minimum absolute atomic E-state index is 0.0611. The molecule has 0 radical (unpaired) electrons. The zero-order chi connectivity index (χ0) is 19.8. The highest BCUT2D eigenvalue weighted by atomic mass is 16.7. The Balaban J connectivity index is 1.62. The van der Waals surface area contributed by atoms with E-state index in [-0.39, 0.29) is 19.4 Å². The van der Waals surface area contributed by atoms with E-state index in [1.165, 1.54) is 6.33 Å². The Kier molecular flexibility index (Phi) is 5.33. The van der Waals surface area contributed by atoms with Gasteiger partial charge in [0.1, 0.15) is 17.9 Å². The molecule has 0 aliphatic carbocycles. The molecular formula is C17H25N5O5. The number of carbonyl (C=O) groups is 1. The SMILES string of the molecule is CC(C)(C)C(=O)OCOCC1NC(c2c[nH]c3c(N)ncnc23)C(O)C1O. The van der Waals surface area contributed by atoms with Crippen LogP contribution in [-0.2, 0) is 14.3 Å². The molecule has 148 valence electrons. The van der Waals surface area contributed by atoms with Gasteiger partial charge in [0.05, 0.1) is 35.7 Å². The number of aliphatic hydroxyl groups is 2. The van der Waals surface area contributed by atoms with Crippen molar-refractivity contribution in [3.05, 3.63) is 18.1 Å². The summed E-state index contributed by atoms with van der Waals surface area (Å²) in [5, 5.41) is 23.9. The number of nitrogens with one attached hydrogen (secondary N) is 2. The number of rotatable bonds is 5. The average molecular weight is 379 g/mol. The van der Waals surface area contributed by atoms with Crippen LogP contribution < -0.4 is 11.1 Å². The largest absolute Gasteiger partial charge is 0.438 e. The van der Waals surface area contributed by atoms with Crippen LogP contribution in [0.1, 0.15) is 32.4 Å². The number of aromatic nitrogens is 3. The highest BCUT2D eigenvalue weighted by molar-refractivity contribution is 5.87. The molecule has 1 saturated heterocycles. The summed E-state index contributed by atoms with van der Waals surface area (Å²) in [6, 6.07) is -1.10. The van der Waals surface area contributed by atoms with Gasteiger partial charge in [0.2, 0.25) is 0 Å². The van der Waals surface area contributed by atoms with Crippen LogP contribution >= 0.6 is 0 Å². The fourth-order valence-electron chi connectivity index (χ4n) is 2.99. The number of anilines is 1. The Morgan fingerprint density at radius 2 is 2.04 bits per heavy atom. The summed E-state index contributed by atoms with van der Waals surface area (Å²) in [5.74, 6) is -0.0729. The number of hydrogen-bond donors (Lipinski definition) is 5. The van der Waals surface area contributed by atoms with Gasteiger partial charge < -0.3 is 35.7 Å². The first-order valence-electron chi connectivity index (χ1n) is 8.64. The zero-order valence-electron chi connectivity index (χ0n) is 15.5. The lowest BCUT2D eigenvalue weighted by Crippen LogP contribution is -2.37. The number of nitrogen functional groups attached to an aromatic ring is 1. The fraction of sp³-hybridized carbons (Fsp3) is 0.588. The van der Waals surface area contributed by atoms with E-state index in [4.69, 9.17) is 15.2 Å². The maximum atomic E-state index is 11.7. The molecular weight excluding hydrogens is 354 g/mol. The van der Waals surface area contributed by atoms with Crippen molar-refractivity contribution in [2.45, 2.75) is 45.1 Å². The third-order valence-corrected chi connectivity index (χ3v) is 4.54. The number of aliphatic hydroxyl groups excluding tert-OH is 2. The van der Waals surface area contributed by atoms with Crippen LogP contribution in [0, 0.1) is 5.41 Å². The van der Waals surface area contributed by atoms with Crippen molar-refractivity contribution in [1.29, 1.82) is 0 Å². The second-order valence-corrected chi connectivity index (χ2v) is 7.63. The molecule has 2 aromatic rings. The first-order chi connectivity index (χ1) is 12.7. The average Bonchev–Trinajstić information content (AvgIpc) is 3.14. The maximum Gasteiger partial charge on any atom is 0.313 e. The van der Waals surface area contributed by atoms with Crippen LogP contribution in [-0.4, -0.2) is 62.8 Å². The van der Waals surface area contributed by atoms with Crippen LogP contribution in [0.25, 0.3) is 11.0 Å². The van der Waals surface area contributed by atoms with E-state index in [0.717, 1.165) is 0 Å². The summed E-state index contributed by atoms with van der Waals surface area (Å²) in [5.41, 5.74) is 7.02. The molecule has 3 heterocycles. The van der Waals surface area contributed by atoms with E-state index < -0.39 is 29.7 Å². The molecule has 1 aliphatic heterocycles. The van der Waals surface area contributed by atoms with E-state index in [2.05, 4.69) is 20.3 Å². The van der Waals surface area contributed by atoms with Gasteiger partial charge in [-0.2, -0.15) is 0 Å². The van der Waals surface area contributed by atoms with Crippen molar-refractivity contribution >= 4 is 22.8 Å². The number of ether oxygens (including phenoxy) is 2. The molecule has 2 aromatic heterocycles. The second kappa shape index (κ2) is 7.39. The van der Waals surface area contributed by atoms with Gasteiger partial charge in [0.25, 0.3) is 0 Å². The van der Waals surface area contributed by atoms with Gasteiger partial charge in [-0.15, -0.1) is 0 Å². The number of carbonyl (C=O) groups excluding carboxylic acids is 1. The number of H-pyrrole nitrogens is 1. The highest BCUT2D eigenvalue weighted by Crippen LogP contribution is 2.32. The van der Waals surface area contributed by atoms with Crippen LogP contribution in [0.5, 0.6) is 0 Å². The lowest BCUT2D eigenvalue weighted by atomic mass is 9.98. The number of esters is 1. The third kappa shape index (κ3) is 3.88. The standard InChI is InChI=1S/C17H25N5O5/c1-17(2,3)16(25)27-7-26-5-9-13(23)14(24)11(22-9)8-4-19-12-10(8)20-6-21-15(12)18/h4,6,9,11,13-14,19,22-24H,5,7H2,1-3H3,(H2,18,20,21). The van der Waals surface area contributed by atoms with E-state index in [1.54, 1.807) is 27.0 Å². The van der Waals surface area contributed by atoms with Crippen LogP contribution in [0.15, 0.2) is 12.5 Å². The molecule has 3 rings (SSSR count). The minimum Gasteiger partial charge on any atom is -0.438 e. The van der Waals surface area contributed by atoms with Crippen molar-refractivity contribution < 1.29 is 24.5 Å². The summed E-state index contributed by atoms with van der Waals surface area (Å²) in [6.45, 7) is 5.08. The molecule has 0 spiro atoms. The first-order valence-corrected chi connectivity index (χ1v) is 8.64. The van der Waals surface area contributed by atoms with E-state index >= 15 is 0 Å². The van der Waals surface area contributed by atoms with Gasteiger partial charge in [-0.3, -0.25) is 4.79 Å². The number of aromatic amines is 1. The Bertz CT molecular complexity index is 818. The van der Waals surface area contributed by atoms with Gasteiger partial charge in [0, 0.05) is 11.8 Å². The van der Waals surface area contributed by atoms with E-state index in [9.17, 15) is 15.0 Å². The van der Waals surface area contributed by atoms with Crippen molar-refractivity contribution in [2.24, 2.45) is 5.41 Å². The van der Waals surface area contributed by atoms with E-state index in [0.29, 0.717) is 22.4 Å². The molecule has 10 nitrogen and oxygen atoms in total. The monoisotopic (exact) mass is 379 g/mol. The molecule has 0 aromatic carbocycles. The molecule has 0 amide bonds. The number of nitrogens with two attached hydrogens (primary N) is 1. The molecule has 0 bridgehead atoms. The number of fused-ring (bicyclic) bond motifs is 1. The van der Waals surface area contributed by atoms with Gasteiger partial charge in [-0.05, 0) is 20.8 Å². The lowest BCUT2D eigenvalue weighted by molar-refractivity contribution is -0.166. The summed E-state index contributed by atoms with van der Waals surface area (Å²) in [6.07, 6.45) is 0.901. The van der Waals surface area contributed by atoms with Crippen molar-refractivity contribution in [3.8, 4) is 0 Å². The predicted molar refractivity (Wildman–Crippen MR) is 96.3 cm³/mol. The predicted octanol–water partition coefficient (Wildman–Crippen LogP) is -0.162. The normalized spacial score (nSPS) is 25.8. The van der Waals surface area contributed by atoms with Crippen molar-refractivity contribution in [2.75, 3.05) is 19.1 Å². The molecule has 0 saturated carbocycles. The van der Waals surface area contributed by atoms with Crippen molar-refractivity contribution in [1.82, 2.24) is 20.3 Å². The Labute approximate surface area is 156 Å². The molecule has 1 aliphatic rings. The fourth-order valence-corrected chi connectivity index (χ4v) is 2.99. The van der Waals surface area contributed by atoms with Crippen molar-refractivity contribution in [3.63, 3.8) is 0 Å². The van der Waals surface area contributed by atoms with Gasteiger partial charge >= 0.3 is 5.97 Å². The van der Waals surface area contributed by atoms with E-state index in [1.807, 2.05) is 0 Å². The van der Waals surface area contributed by atoms with Gasteiger partial charge in [-0.25, -0.2) is 9.97 Å². The molecule has 6 N–H and O–H groups in total. The molecule has 4 atom stereocenters. The van der Waals surface area contributed by atoms with Crippen LogP contribution in [0.2, 0.25) is 0 Å². The summed E-state index contributed by atoms with van der Waals surface area (Å²) in [4.78, 5) is 22.8. The number of hydrogen-bond acceptors (Lipinski definition) is 9. The summed E-state index contributed by atoms with van der Waals surface area (Å²) >= 11 is 0. The second-order valence-electron chi connectivity index (χ2n) is 7.63. The van der Waals surface area contributed by atoms with Gasteiger partial charge in [-0.1, -0.05) is 0 Å². The molecule has 1 fully saturated rings. The summed E-state index contributed by atoms with van der Waals surface area (Å²) < 4.78 is 10.4. The quantitative estimate of drug-likeness (QED) is 0.270. The molecule has 4 unspecified atom stereocenters. The first kappa shape index (κ1) is 19.5. The maximum absolute atomic E-state index is 11.7. The van der Waals surface area contributed by atoms with Gasteiger partial charge in [0.15, 0.2) is 12.6 Å². The third-order valence-electron chi connectivity index (χ3n) is 4.54. The number of nitrogens with zero attached hydrogens (tertiary/aromatic N) is 2. The smallest absolute Gasteiger partial charge is 0.313 e. The summed E-state index contributed by atoms with van der Waals surface area (Å²) in [7, 11) is 0. The Hall–Kier alpha value is -2.27. The zero-order valence-corrected chi connectivity index (χ0v) is 15.5. The Morgan fingerprint density at radius 1 is 1.30 bits per heavy atom. The highest BCUT2D eigenvalue weighted by Gasteiger charge is 2.43. The lowest BCUT2D eigenvalue weighted by Gasteiger charge is -2.18. The van der Waals surface area contributed by atoms with Crippen LogP contribution in [0.4, 0.5) is 5.82 Å². The van der Waals surface area contributed by atoms with Crippen LogP contribution in [0.3, 0.4) is 0 Å². The molecule has 27 heavy (non-hydrogen) atoms. The molecule has 10 heteroatoms.